The maximum Gasteiger partial charge on any atom is 0.248 e. The van der Waals surface area contributed by atoms with E-state index in [1.54, 1.807) is 26.1 Å². The van der Waals surface area contributed by atoms with Gasteiger partial charge >= 0.3 is 0 Å². The van der Waals surface area contributed by atoms with Crippen molar-refractivity contribution >= 4 is 15.9 Å². The molecular weight excluding hydrogens is 468 g/mol. The second kappa shape index (κ2) is 12.2. The van der Waals surface area contributed by atoms with Crippen LogP contribution in [0.3, 0.4) is 0 Å². The Morgan fingerprint density at radius 1 is 1.34 bits per heavy atom. The molecule has 0 radical (unpaired) electrons. The number of aliphatic hydroxyl groups excluding tert-OH is 1. The third-order valence-electron chi connectivity index (χ3n) is 6.91. The van der Waals surface area contributed by atoms with Gasteiger partial charge < -0.3 is 19.5 Å². The molecule has 1 amide bonds. The van der Waals surface area contributed by atoms with E-state index in [1.165, 1.54) is 48.1 Å². The summed E-state index contributed by atoms with van der Waals surface area (Å²) >= 11 is 0. The molecule has 1 aliphatic heterocycles. The summed E-state index contributed by atoms with van der Waals surface area (Å²) in [5.74, 6) is 6.85. The van der Waals surface area contributed by atoms with Crippen LogP contribution in [0.25, 0.3) is 0 Å². The van der Waals surface area contributed by atoms with E-state index in [-0.39, 0.29) is 48.8 Å². The Bertz CT molecular complexity index is 1040. The molecule has 0 saturated heterocycles. The number of hydrogen-bond acceptors (Lipinski definition) is 6. The molecule has 3 rings (SSSR count). The molecule has 0 spiro atoms. The summed E-state index contributed by atoms with van der Waals surface area (Å²) in [4.78, 5) is 13.9. The van der Waals surface area contributed by atoms with Crippen LogP contribution in [0.15, 0.2) is 23.1 Å². The lowest BCUT2D eigenvalue weighted by molar-refractivity contribution is -0.135. The van der Waals surface area contributed by atoms with Gasteiger partial charge in [-0.05, 0) is 43.9 Å². The Balaban J connectivity index is 1.96. The van der Waals surface area contributed by atoms with Crippen molar-refractivity contribution in [1.82, 2.24) is 9.21 Å². The summed E-state index contributed by atoms with van der Waals surface area (Å²) in [6, 6.07) is 4.32. The minimum Gasteiger partial charge on any atom is -0.487 e. The van der Waals surface area contributed by atoms with Crippen molar-refractivity contribution in [2.24, 2.45) is 11.8 Å². The Morgan fingerprint density at radius 2 is 2.06 bits per heavy atom. The summed E-state index contributed by atoms with van der Waals surface area (Å²) in [5, 5.41) is 9.77. The number of nitrogens with zero attached hydrogens (tertiary/aromatic N) is 2. The second-order valence-corrected chi connectivity index (χ2v) is 11.6. The predicted molar refractivity (Wildman–Crippen MR) is 133 cm³/mol. The van der Waals surface area contributed by atoms with E-state index in [2.05, 4.69) is 11.8 Å². The lowest BCUT2D eigenvalue weighted by Gasteiger charge is -2.37. The van der Waals surface area contributed by atoms with E-state index in [9.17, 15) is 18.3 Å². The minimum absolute atomic E-state index is 0.0434. The number of aliphatic hydroxyl groups is 1. The molecule has 9 heteroatoms. The maximum atomic E-state index is 13.6. The molecule has 194 valence electrons. The lowest BCUT2D eigenvalue weighted by atomic mass is 10.0. The van der Waals surface area contributed by atoms with Gasteiger partial charge in [0.25, 0.3) is 0 Å². The maximum absolute atomic E-state index is 13.6. The van der Waals surface area contributed by atoms with Gasteiger partial charge in [-0.2, -0.15) is 4.31 Å². The van der Waals surface area contributed by atoms with Crippen LogP contribution in [-0.4, -0.2) is 81.2 Å². The van der Waals surface area contributed by atoms with Crippen LogP contribution in [-0.2, 0) is 19.6 Å². The van der Waals surface area contributed by atoms with Crippen LogP contribution >= 0.6 is 0 Å². The van der Waals surface area contributed by atoms with Crippen LogP contribution in [0.2, 0.25) is 0 Å². The van der Waals surface area contributed by atoms with Crippen molar-refractivity contribution in [2.45, 2.75) is 63.0 Å². The smallest absolute Gasteiger partial charge is 0.248 e. The zero-order valence-corrected chi connectivity index (χ0v) is 22.0. The summed E-state index contributed by atoms with van der Waals surface area (Å²) in [7, 11) is -0.777. The van der Waals surface area contributed by atoms with Crippen molar-refractivity contribution in [1.29, 1.82) is 0 Å². The first-order chi connectivity index (χ1) is 16.7. The molecule has 1 N–H and O–H groups in total. The summed E-state index contributed by atoms with van der Waals surface area (Å²) in [6.07, 6.45) is 5.33. The van der Waals surface area contributed by atoms with Gasteiger partial charge in [-0.1, -0.05) is 31.6 Å². The number of methoxy groups -OCH3 is 1. The summed E-state index contributed by atoms with van der Waals surface area (Å²) in [5.41, 5.74) is 0.689. The van der Waals surface area contributed by atoms with Gasteiger partial charge in [-0.25, -0.2) is 8.42 Å². The number of hydrogen-bond donors (Lipinski definition) is 1. The highest BCUT2D eigenvalue weighted by Gasteiger charge is 2.38. The lowest BCUT2D eigenvalue weighted by Crippen LogP contribution is -2.50. The van der Waals surface area contributed by atoms with Gasteiger partial charge in [0, 0.05) is 44.6 Å². The van der Waals surface area contributed by atoms with Gasteiger partial charge in [0.1, 0.15) is 23.4 Å². The average molecular weight is 507 g/mol. The minimum atomic E-state index is -3.91. The SMILES string of the molecule is COCC(=O)N(C)C[C@H]1Oc2cc(C#CCC3CCCC3)ccc2S(=O)(=O)N([C@@H](C)CO)C[C@@H]1C. The van der Waals surface area contributed by atoms with E-state index < -0.39 is 22.2 Å². The summed E-state index contributed by atoms with van der Waals surface area (Å²) < 4.78 is 39.7. The van der Waals surface area contributed by atoms with Gasteiger partial charge in [-0.3, -0.25) is 4.79 Å². The zero-order valence-electron chi connectivity index (χ0n) is 21.2. The zero-order chi connectivity index (χ0) is 25.6. The normalized spacial score (nSPS) is 23.2. The van der Waals surface area contributed by atoms with Crippen molar-refractivity contribution < 1.29 is 27.8 Å². The topological polar surface area (TPSA) is 96.4 Å². The van der Waals surface area contributed by atoms with Gasteiger partial charge in [-0.15, -0.1) is 0 Å². The van der Waals surface area contributed by atoms with Crippen molar-refractivity contribution in [3.05, 3.63) is 23.8 Å². The first kappa shape index (κ1) is 27.5. The average Bonchev–Trinajstić information content (AvgIpc) is 3.34. The molecule has 0 bridgehead atoms. The molecule has 3 atom stereocenters. The fourth-order valence-electron chi connectivity index (χ4n) is 4.64. The fourth-order valence-corrected chi connectivity index (χ4v) is 6.46. The summed E-state index contributed by atoms with van der Waals surface area (Å²) in [6.45, 7) is 3.65. The molecule has 1 fully saturated rings. The standard InChI is InChI=1S/C26H38N2O6S/c1-19-15-28(20(2)17-29)35(31,32)25-13-12-22(11-7-10-21-8-5-6-9-21)14-23(25)34-24(19)16-27(3)26(30)18-33-4/h12-14,19-21,24,29H,5-6,8-10,15-18H2,1-4H3/t19-,20-,24+/m0/s1. The number of sulfonamides is 1. The van der Waals surface area contributed by atoms with Gasteiger partial charge in [0.2, 0.25) is 15.9 Å². The monoisotopic (exact) mass is 506 g/mol. The van der Waals surface area contributed by atoms with Crippen LogP contribution in [0, 0.1) is 23.7 Å². The molecule has 0 unspecified atom stereocenters. The van der Waals surface area contributed by atoms with Crippen LogP contribution in [0.4, 0.5) is 0 Å². The van der Waals surface area contributed by atoms with E-state index in [1.807, 2.05) is 6.92 Å². The van der Waals surface area contributed by atoms with Crippen molar-refractivity contribution in [3.63, 3.8) is 0 Å². The number of carbonyl (C=O) groups excluding carboxylic acids is 1. The number of benzene rings is 1. The van der Waals surface area contributed by atoms with Crippen LogP contribution in [0.1, 0.15) is 51.5 Å². The molecule has 0 aromatic heterocycles. The second-order valence-electron chi connectivity index (χ2n) is 9.77. The Kier molecular flexibility index (Phi) is 9.59. The van der Waals surface area contributed by atoms with E-state index in [0.29, 0.717) is 11.5 Å². The molecule has 35 heavy (non-hydrogen) atoms. The van der Waals surface area contributed by atoms with Crippen LogP contribution in [0.5, 0.6) is 5.75 Å². The third kappa shape index (κ3) is 6.76. The number of fused-ring (bicyclic) bond motifs is 1. The third-order valence-corrected chi connectivity index (χ3v) is 8.93. The van der Waals surface area contributed by atoms with Gasteiger partial charge in [0.15, 0.2) is 0 Å². The fraction of sp³-hybridized carbons (Fsp3) is 0.654. The molecule has 1 aromatic rings. The molecule has 2 aliphatic rings. The molecule has 8 nitrogen and oxygen atoms in total. The highest BCUT2D eigenvalue weighted by atomic mass is 32.2. The van der Waals surface area contributed by atoms with E-state index in [0.717, 1.165) is 6.42 Å². The number of ether oxygens (including phenoxy) is 2. The Morgan fingerprint density at radius 3 is 2.71 bits per heavy atom. The Labute approximate surface area is 209 Å². The molecule has 1 aromatic carbocycles. The number of amides is 1. The molecular formula is C26H38N2O6S. The van der Waals surface area contributed by atoms with Crippen LogP contribution < -0.4 is 4.74 Å². The van der Waals surface area contributed by atoms with Crippen molar-refractivity contribution in [2.75, 3.05) is 40.5 Å². The molecule has 1 aliphatic carbocycles. The largest absolute Gasteiger partial charge is 0.487 e. The van der Waals surface area contributed by atoms with Gasteiger partial charge in [0.05, 0.1) is 13.2 Å². The Hall–Kier alpha value is -2.12. The number of rotatable bonds is 7. The highest BCUT2D eigenvalue weighted by Crippen LogP contribution is 2.34. The van der Waals surface area contributed by atoms with Crippen molar-refractivity contribution in [3.8, 4) is 17.6 Å². The number of likely N-dealkylation sites (N-methyl/N-ethyl adjacent to an activating group) is 1. The number of carbonyl (C=O) groups is 1. The predicted octanol–water partition coefficient (Wildman–Crippen LogP) is 2.49. The molecule has 1 saturated carbocycles. The molecule has 1 heterocycles. The van der Waals surface area contributed by atoms with E-state index >= 15 is 0 Å². The first-order valence-corrected chi connectivity index (χ1v) is 13.8. The quantitative estimate of drug-likeness (QED) is 0.571. The first-order valence-electron chi connectivity index (χ1n) is 12.3. The van der Waals surface area contributed by atoms with E-state index in [4.69, 9.17) is 9.47 Å². The highest BCUT2D eigenvalue weighted by molar-refractivity contribution is 7.89.